The Morgan fingerprint density at radius 3 is 2.42 bits per heavy atom. The molecule has 19 heavy (non-hydrogen) atoms. The molecule has 8 heteroatoms. The Morgan fingerprint density at radius 2 is 1.95 bits per heavy atom. The van der Waals surface area contributed by atoms with Gasteiger partial charge in [0.2, 0.25) is 5.03 Å². The van der Waals surface area contributed by atoms with Crippen molar-refractivity contribution < 1.29 is 8.42 Å². The van der Waals surface area contributed by atoms with E-state index in [9.17, 15) is 8.42 Å². The zero-order valence-corrected chi connectivity index (χ0v) is 12.9. The highest BCUT2D eigenvalue weighted by molar-refractivity contribution is 9.10. The van der Waals surface area contributed by atoms with Crippen LogP contribution in [-0.4, -0.2) is 23.4 Å². The molecule has 0 saturated carbocycles. The van der Waals surface area contributed by atoms with Gasteiger partial charge in [0, 0.05) is 12.7 Å². The Morgan fingerprint density at radius 1 is 1.32 bits per heavy atom. The lowest BCUT2D eigenvalue weighted by Gasteiger charge is -2.08. The largest absolute Gasteiger partial charge is 0.281 e. The second-order valence-electron chi connectivity index (χ2n) is 3.96. The number of benzene rings is 1. The number of nitrogens with zero attached hydrogens (tertiary/aromatic N) is 3. The Balaban J connectivity index is 2.31. The molecule has 1 aromatic carbocycles. The molecule has 0 aliphatic rings. The van der Waals surface area contributed by atoms with E-state index in [1.54, 1.807) is 12.1 Å². The van der Waals surface area contributed by atoms with Gasteiger partial charge in [-0.25, -0.2) is 4.68 Å². The Kier molecular flexibility index (Phi) is 3.91. The maximum Gasteiger partial charge on any atom is 0.281 e. The van der Waals surface area contributed by atoms with E-state index in [1.165, 1.54) is 11.7 Å². The third-order valence-electron chi connectivity index (χ3n) is 2.61. The van der Waals surface area contributed by atoms with Crippen LogP contribution in [0.25, 0.3) is 0 Å². The maximum absolute atomic E-state index is 12.2. The normalized spacial score (nSPS) is 11.5. The molecule has 0 bridgehead atoms. The monoisotopic (exact) mass is 344 g/mol. The minimum Gasteiger partial charge on any atom is -0.278 e. The number of aromatic nitrogens is 3. The van der Waals surface area contributed by atoms with Gasteiger partial charge in [-0.1, -0.05) is 24.3 Å². The van der Waals surface area contributed by atoms with Crippen molar-refractivity contribution in [3.05, 3.63) is 34.4 Å². The SMILES string of the molecule is CCc1ccc(NS(=O)(=O)c2c(Br)nnn2C)cc1. The molecule has 0 unspecified atom stereocenters. The van der Waals surface area contributed by atoms with Crippen LogP contribution >= 0.6 is 15.9 Å². The highest BCUT2D eigenvalue weighted by Gasteiger charge is 2.23. The Labute approximate surface area is 120 Å². The summed E-state index contributed by atoms with van der Waals surface area (Å²) in [5.41, 5.74) is 1.65. The van der Waals surface area contributed by atoms with Crippen LogP contribution in [0, 0.1) is 0 Å². The number of hydrogen-bond donors (Lipinski definition) is 1. The van der Waals surface area contributed by atoms with E-state index in [0.717, 1.165) is 12.0 Å². The predicted octanol–water partition coefficient (Wildman–Crippen LogP) is 1.94. The Bertz CT molecular complexity index is 660. The van der Waals surface area contributed by atoms with Crippen LogP contribution in [0.2, 0.25) is 0 Å². The van der Waals surface area contributed by atoms with Crippen LogP contribution in [0.5, 0.6) is 0 Å². The van der Waals surface area contributed by atoms with E-state index in [2.05, 4.69) is 31.0 Å². The summed E-state index contributed by atoms with van der Waals surface area (Å²) >= 11 is 3.08. The summed E-state index contributed by atoms with van der Waals surface area (Å²) in [5, 5.41) is 7.31. The van der Waals surface area contributed by atoms with E-state index in [1.807, 2.05) is 19.1 Å². The van der Waals surface area contributed by atoms with Crippen LogP contribution in [0.1, 0.15) is 12.5 Å². The first-order chi connectivity index (χ1) is 8.94. The second-order valence-corrected chi connectivity index (χ2v) is 6.31. The van der Waals surface area contributed by atoms with Gasteiger partial charge in [-0.2, -0.15) is 8.42 Å². The molecule has 0 radical (unpaired) electrons. The van der Waals surface area contributed by atoms with Crippen LogP contribution in [0.4, 0.5) is 5.69 Å². The topological polar surface area (TPSA) is 76.9 Å². The molecule has 1 heterocycles. The molecule has 0 saturated heterocycles. The first-order valence-electron chi connectivity index (χ1n) is 5.61. The summed E-state index contributed by atoms with van der Waals surface area (Å²) in [6.07, 6.45) is 0.907. The van der Waals surface area contributed by atoms with E-state index in [-0.39, 0.29) is 9.63 Å². The summed E-state index contributed by atoms with van der Waals surface area (Å²) in [5.74, 6) is 0. The lowest BCUT2D eigenvalue weighted by Crippen LogP contribution is -2.17. The van der Waals surface area contributed by atoms with Gasteiger partial charge in [-0.3, -0.25) is 4.72 Å². The lowest BCUT2D eigenvalue weighted by molar-refractivity contribution is 0.578. The molecule has 0 aliphatic heterocycles. The summed E-state index contributed by atoms with van der Waals surface area (Å²) in [6.45, 7) is 2.04. The summed E-state index contributed by atoms with van der Waals surface area (Å²) in [7, 11) is -2.19. The number of hydrogen-bond acceptors (Lipinski definition) is 4. The summed E-state index contributed by atoms with van der Waals surface area (Å²) in [4.78, 5) is 0. The maximum atomic E-state index is 12.2. The van der Waals surface area contributed by atoms with Crippen LogP contribution in [0.15, 0.2) is 33.9 Å². The van der Waals surface area contributed by atoms with Gasteiger partial charge >= 0.3 is 0 Å². The van der Waals surface area contributed by atoms with Gasteiger partial charge in [0.25, 0.3) is 10.0 Å². The standard InChI is InChI=1S/C11H13BrN4O2S/c1-3-8-4-6-9(7-5-8)14-19(17,18)11-10(12)13-15-16(11)2/h4-7,14H,3H2,1-2H3. The molecule has 1 aromatic heterocycles. The number of halogens is 1. The Hall–Kier alpha value is -1.41. The van der Waals surface area contributed by atoms with Crippen molar-refractivity contribution in [3.63, 3.8) is 0 Å². The van der Waals surface area contributed by atoms with Crippen molar-refractivity contribution in [2.24, 2.45) is 7.05 Å². The van der Waals surface area contributed by atoms with E-state index < -0.39 is 10.0 Å². The average Bonchev–Trinajstić information content (AvgIpc) is 2.70. The number of rotatable bonds is 4. The first kappa shape index (κ1) is 14.0. The number of aryl methyl sites for hydroxylation is 2. The number of nitrogens with one attached hydrogen (secondary N) is 1. The molecule has 2 aromatic rings. The van der Waals surface area contributed by atoms with Crippen LogP contribution in [-0.2, 0) is 23.5 Å². The minimum atomic E-state index is -3.71. The van der Waals surface area contributed by atoms with E-state index >= 15 is 0 Å². The predicted molar refractivity (Wildman–Crippen MR) is 75.3 cm³/mol. The quantitative estimate of drug-likeness (QED) is 0.919. The number of anilines is 1. The molecular weight excluding hydrogens is 332 g/mol. The smallest absolute Gasteiger partial charge is 0.278 e. The zero-order valence-electron chi connectivity index (χ0n) is 10.5. The highest BCUT2D eigenvalue weighted by atomic mass is 79.9. The molecule has 0 amide bonds. The van der Waals surface area contributed by atoms with Gasteiger partial charge < -0.3 is 0 Å². The number of sulfonamides is 1. The van der Waals surface area contributed by atoms with Crippen molar-refractivity contribution in [2.75, 3.05) is 4.72 Å². The molecule has 2 rings (SSSR count). The fourth-order valence-corrected chi connectivity index (χ4v) is 3.78. The zero-order chi connectivity index (χ0) is 14.0. The third kappa shape index (κ3) is 2.95. The van der Waals surface area contributed by atoms with Crippen LogP contribution < -0.4 is 4.72 Å². The molecular formula is C11H13BrN4O2S. The van der Waals surface area contributed by atoms with Crippen molar-refractivity contribution in [1.82, 2.24) is 15.0 Å². The second kappa shape index (κ2) is 5.30. The van der Waals surface area contributed by atoms with Crippen molar-refractivity contribution in [1.29, 1.82) is 0 Å². The molecule has 102 valence electrons. The van der Waals surface area contributed by atoms with E-state index in [4.69, 9.17) is 0 Å². The fourth-order valence-electron chi connectivity index (χ4n) is 1.62. The van der Waals surface area contributed by atoms with Gasteiger partial charge in [0.15, 0.2) is 4.60 Å². The highest BCUT2D eigenvalue weighted by Crippen LogP contribution is 2.21. The van der Waals surface area contributed by atoms with Gasteiger partial charge in [0.05, 0.1) is 0 Å². The van der Waals surface area contributed by atoms with Gasteiger partial charge in [0.1, 0.15) is 0 Å². The molecule has 0 atom stereocenters. The molecule has 0 spiro atoms. The van der Waals surface area contributed by atoms with Crippen LogP contribution in [0.3, 0.4) is 0 Å². The molecule has 0 aliphatic carbocycles. The lowest BCUT2D eigenvalue weighted by atomic mass is 10.2. The van der Waals surface area contributed by atoms with E-state index in [0.29, 0.717) is 5.69 Å². The van der Waals surface area contributed by atoms with Crippen molar-refractivity contribution in [2.45, 2.75) is 18.4 Å². The molecule has 6 nitrogen and oxygen atoms in total. The fraction of sp³-hybridized carbons (Fsp3) is 0.273. The molecule has 1 N–H and O–H groups in total. The average molecular weight is 345 g/mol. The third-order valence-corrected chi connectivity index (χ3v) is 4.87. The van der Waals surface area contributed by atoms with Gasteiger partial charge in [-0.05, 0) is 40.0 Å². The van der Waals surface area contributed by atoms with Gasteiger partial charge in [-0.15, -0.1) is 5.10 Å². The molecule has 0 fully saturated rings. The first-order valence-corrected chi connectivity index (χ1v) is 7.88. The minimum absolute atomic E-state index is 0.00734. The summed E-state index contributed by atoms with van der Waals surface area (Å²) in [6, 6.07) is 7.23. The van der Waals surface area contributed by atoms with Crippen molar-refractivity contribution >= 4 is 31.6 Å². The van der Waals surface area contributed by atoms with Crippen molar-refractivity contribution in [3.8, 4) is 0 Å². The summed E-state index contributed by atoms with van der Waals surface area (Å²) < 4.78 is 28.3.